The van der Waals surface area contributed by atoms with Gasteiger partial charge in [-0.3, -0.25) is 0 Å². The Morgan fingerprint density at radius 1 is 0.375 bits per heavy atom. The lowest BCUT2D eigenvalue weighted by Crippen LogP contribution is -2.05. The van der Waals surface area contributed by atoms with Crippen molar-refractivity contribution in [2.24, 2.45) is 0 Å². The van der Waals surface area contributed by atoms with Crippen LogP contribution in [0.2, 0.25) is 0 Å². The minimum Gasteiger partial charge on any atom is -0.101 e. The molecular formula is C24H24. The first-order chi connectivity index (χ1) is 11.4. The smallest absolute Gasteiger partial charge is 0.0446 e. The van der Waals surface area contributed by atoms with Gasteiger partial charge in [-0.1, -0.05) is 23.7 Å². The molecule has 0 fully saturated rings. The van der Waals surface area contributed by atoms with E-state index < -0.39 is 0 Å². The van der Waals surface area contributed by atoms with Gasteiger partial charge in [0.05, 0.1) is 0 Å². The maximum atomic E-state index is 3.26. The molecule has 24 heavy (non-hydrogen) atoms. The molecule has 0 unspecified atom stereocenters. The van der Waals surface area contributed by atoms with Crippen molar-refractivity contribution in [1.29, 1.82) is 0 Å². The molecule has 0 saturated heterocycles. The van der Waals surface area contributed by atoms with Crippen LogP contribution in [0.15, 0.2) is 44.6 Å². The van der Waals surface area contributed by atoms with E-state index in [-0.39, 0.29) is 0 Å². The third kappa shape index (κ3) is 3.75. The van der Waals surface area contributed by atoms with Crippen molar-refractivity contribution in [1.82, 2.24) is 0 Å². The summed E-state index contributed by atoms with van der Waals surface area (Å²) in [6, 6.07) is 0. The van der Waals surface area contributed by atoms with Gasteiger partial charge >= 0.3 is 0 Å². The van der Waals surface area contributed by atoms with Gasteiger partial charge in [-0.25, -0.2) is 0 Å². The van der Waals surface area contributed by atoms with E-state index in [9.17, 15) is 0 Å². The predicted octanol–water partition coefficient (Wildman–Crippen LogP) is 5.36. The van der Waals surface area contributed by atoms with E-state index in [1.54, 1.807) is 0 Å². The van der Waals surface area contributed by atoms with Crippen LogP contribution >= 0.6 is 0 Å². The van der Waals surface area contributed by atoms with Crippen molar-refractivity contribution >= 4 is 0 Å². The van der Waals surface area contributed by atoms with Gasteiger partial charge in [0.1, 0.15) is 0 Å². The van der Waals surface area contributed by atoms with Gasteiger partial charge in [0.15, 0.2) is 0 Å². The summed E-state index contributed by atoms with van der Waals surface area (Å²) in [5.41, 5.74) is 8.40. The van der Waals surface area contributed by atoms with Crippen molar-refractivity contribution in [3.8, 4) is 47.4 Å². The zero-order chi connectivity index (χ0) is 18.3. The largest absolute Gasteiger partial charge is 0.101 e. The molecule has 0 heterocycles. The van der Waals surface area contributed by atoms with Crippen molar-refractivity contribution in [3.05, 3.63) is 44.6 Å². The molecule has 0 radical (unpaired) electrons. The van der Waals surface area contributed by atoms with Crippen LogP contribution in [0.5, 0.6) is 0 Å². The summed E-state index contributed by atoms with van der Waals surface area (Å²) in [6.07, 6.45) is 0. The molecule has 0 saturated carbocycles. The van der Waals surface area contributed by atoms with Crippen LogP contribution in [0, 0.1) is 47.4 Å². The van der Waals surface area contributed by atoms with Gasteiger partial charge in [0.25, 0.3) is 0 Å². The van der Waals surface area contributed by atoms with Crippen LogP contribution in [0.3, 0.4) is 0 Å². The topological polar surface area (TPSA) is 0 Å². The van der Waals surface area contributed by atoms with E-state index in [0.717, 1.165) is 44.6 Å². The second-order valence-corrected chi connectivity index (χ2v) is 5.50. The SMILES string of the molecule is CC#CC1=C(C)/C(C#CC)=C(C)\C(C#CC)=C(\C#CC)C(C)=C1C. The molecule has 0 N–H and O–H groups in total. The molecular weight excluding hydrogens is 288 g/mol. The van der Waals surface area contributed by atoms with Crippen molar-refractivity contribution < 1.29 is 0 Å². The summed E-state index contributed by atoms with van der Waals surface area (Å²) in [5, 5.41) is 0. The third-order valence-electron chi connectivity index (χ3n) is 4.06. The van der Waals surface area contributed by atoms with Crippen molar-refractivity contribution in [2.75, 3.05) is 0 Å². The highest BCUT2D eigenvalue weighted by Crippen LogP contribution is 2.34. The fourth-order valence-electron chi connectivity index (χ4n) is 2.75. The van der Waals surface area contributed by atoms with E-state index in [2.05, 4.69) is 75.1 Å². The summed E-state index contributed by atoms with van der Waals surface area (Å²) < 4.78 is 0. The van der Waals surface area contributed by atoms with E-state index in [1.165, 1.54) is 0 Å². The minimum atomic E-state index is 0.962. The maximum Gasteiger partial charge on any atom is 0.0446 e. The van der Waals surface area contributed by atoms with E-state index in [4.69, 9.17) is 0 Å². The molecule has 0 spiro atoms. The molecule has 0 aromatic heterocycles. The van der Waals surface area contributed by atoms with Crippen LogP contribution in [0.25, 0.3) is 0 Å². The molecule has 0 atom stereocenters. The zero-order valence-corrected chi connectivity index (χ0v) is 16.0. The number of hydrogen-bond donors (Lipinski definition) is 0. The summed E-state index contributed by atoms with van der Waals surface area (Å²) >= 11 is 0. The average Bonchev–Trinajstić information content (AvgIpc) is 2.57. The van der Waals surface area contributed by atoms with Gasteiger partial charge in [-0.2, -0.15) is 0 Å². The standard InChI is InChI=1S/C24H24/c1-9-13-21-17(5)18(6)23(15-11-3)24(16-12-4)20(8)22(14-10-2)19(21)7/h1-8H3/b18-17?,21-17?,21-19?,22-19?,22-20-,23-18?,24-20?,24-23-. The van der Waals surface area contributed by atoms with E-state index in [0.29, 0.717) is 0 Å². The second-order valence-electron chi connectivity index (χ2n) is 5.50. The van der Waals surface area contributed by atoms with E-state index in [1.807, 2.05) is 27.7 Å². The Morgan fingerprint density at radius 3 is 1.04 bits per heavy atom. The maximum absolute atomic E-state index is 3.26. The van der Waals surface area contributed by atoms with Crippen LogP contribution < -0.4 is 0 Å². The Kier molecular flexibility index (Phi) is 7.00. The molecule has 1 aliphatic rings. The second kappa shape index (κ2) is 8.73. The molecule has 0 bridgehead atoms. The summed E-state index contributed by atoms with van der Waals surface area (Å²) in [6.45, 7) is 15.8. The molecule has 0 aromatic rings. The summed E-state index contributed by atoms with van der Waals surface area (Å²) in [4.78, 5) is 0. The van der Waals surface area contributed by atoms with Crippen molar-refractivity contribution in [3.63, 3.8) is 0 Å². The monoisotopic (exact) mass is 312 g/mol. The van der Waals surface area contributed by atoms with Gasteiger partial charge in [0.2, 0.25) is 0 Å². The molecule has 0 aromatic carbocycles. The highest BCUT2D eigenvalue weighted by atomic mass is 14.2. The van der Waals surface area contributed by atoms with Gasteiger partial charge in [0, 0.05) is 22.3 Å². The predicted molar refractivity (Wildman–Crippen MR) is 105 cm³/mol. The molecule has 0 aliphatic heterocycles. The third-order valence-corrected chi connectivity index (χ3v) is 4.06. The lowest BCUT2D eigenvalue weighted by molar-refractivity contribution is 1.21. The van der Waals surface area contributed by atoms with Gasteiger partial charge in [-0.05, 0) is 77.7 Å². The highest BCUT2D eigenvalue weighted by Gasteiger charge is 2.20. The summed E-state index contributed by atoms with van der Waals surface area (Å²) in [7, 11) is 0. The van der Waals surface area contributed by atoms with Crippen LogP contribution in [0.4, 0.5) is 0 Å². The highest BCUT2D eigenvalue weighted by molar-refractivity contribution is 5.71. The number of rotatable bonds is 0. The normalized spacial score (nSPS) is 20.3. The van der Waals surface area contributed by atoms with Gasteiger partial charge < -0.3 is 0 Å². The molecule has 0 nitrogen and oxygen atoms in total. The quantitative estimate of drug-likeness (QED) is 0.528. The molecule has 0 heteroatoms. The fraction of sp³-hybridized carbons (Fsp3) is 0.333. The van der Waals surface area contributed by atoms with E-state index >= 15 is 0 Å². The molecule has 1 aliphatic carbocycles. The van der Waals surface area contributed by atoms with Crippen molar-refractivity contribution in [2.45, 2.75) is 55.4 Å². The Labute approximate surface area is 147 Å². The Bertz CT molecular complexity index is 922. The molecule has 120 valence electrons. The Hall–Kier alpha value is -2.80. The molecule has 0 amide bonds. The Balaban J connectivity index is 4.18. The van der Waals surface area contributed by atoms with Crippen LogP contribution in [-0.4, -0.2) is 0 Å². The lowest BCUT2D eigenvalue weighted by Gasteiger charge is -2.19. The number of hydrogen-bond acceptors (Lipinski definition) is 0. The summed E-state index contributed by atoms with van der Waals surface area (Å²) in [5.74, 6) is 25.2. The van der Waals surface area contributed by atoms with Crippen LogP contribution in [0.1, 0.15) is 55.4 Å². The fourth-order valence-corrected chi connectivity index (χ4v) is 2.75. The first-order valence-electron chi connectivity index (χ1n) is 8.00. The Morgan fingerprint density at radius 2 is 0.625 bits per heavy atom. The number of allylic oxidation sites excluding steroid dienone is 8. The molecule has 1 rings (SSSR count). The van der Waals surface area contributed by atoms with Gasteiger partial charge in [-0.15, -0.1) is 23.7 Å². The van der Waals surface area contributed by atoms with Crippen LogP contribution in [-0.2, 0) is 0 Å². The minimum absolute atomic E-state index is 0.962. The lowest BCUT2D eigenvalue weighted by atomic mass is 9.83. The first kappa shape index (κ1) is 19.2. The average molecular weight is 312 g/mol. The zero-order valence-electron chi connectivity index (χ0n) is 16.0. The first-order valence-corrected chi connectivity index (χ1v) is 8.00.